The van der Waals surface area contributed by atoms with Gasteiger partial charge in [-0.15, -0.1) is 0 Å². The van der Waals surface area contributed by atoms with Crippen molar-refractivity contribution in [2.24, 2.45) is 0 Å². The van der Waals surface area contributed by atoms with E-state index in [1.54, 1.807) is 18.2 Å². The minimum Gasteiger partial charge on any atom is -0.489 e. The maximum Gasteiger partial charge on any atom is 0.255 e. The van der Waals surface area contributed by atoms with Crippen molar-refractivity contribution in [1.29, 1.82) is 0 Å². The Balaban J connectivity index is 1.41. The van der Waals surface area contributed by atoms with Crippen LogP contribution in [0.3, 0.4) is 0 Å². The highest BCUT2D eigenvalue weighted by atomic mass is 35.5. The predicted octanol–water partition coefficient (Wildman–Crippen LogP) is 7.96. The van der Waals surface area contributed by atoms with Crippen LogP contribution in [-0.4, -0.2) is 15.7 Å². The lowest BCUT2D eigenvalue weighted by atomic mass is 10.1. The largest absolute Gasteiger partial charge is 0.489 e. The fourth-order valence-corrected chi connectivity index (χ4v) is 4.37. The highest BCUT2D eigenvalue weighted by Gasteiger charge is 2.16. The Morgan fingerprint density at radius 1 is 0.889 bits per heavy atom. The molecule has 0 aliphatic rings. The maximum atomic E-state index is 12.9. The summed E-state index contributed by atoms with van der Waals surface area (Å²) in [7, 11) is 0. The Labute approximate surface area is 225 Å². The number of aromatic nitrogens is 2. The zero-order valence-corrected chi connectivity index (χ0v) is 22.7. The van der Waals surface area contributed by atoms with Gasteiger partial charge in [-0.3, -0.25) is 9.48 Å². The molecule has 1 heterocycles. The van der Waals surface area contributed by atoms with Crippen LogP contribution in [0.4, 0.5) is 5.69 Å². The number of nitrogens with one attached hydrogen (secondary N) is 1. The van der Waals surface area contributed by atoms with Gasteiger partial charge >= 0.3 is 0 Å². The molecule has 4 aromatic rings. The van der Waals surface area contributed by atoms with Crippen LogP contribution in [0.15, 0.2) is 54.6 Å². The lowest BCUT2D eigenvalue weighted by molar-refractivity contribution is 0.102. The smallest absolute Gasteiger partial charge is 0.255 e. The van der Waals surface area contributed by atoms with Crippen LogP contribution in [0.1, 0.15) is 44.0 Å². The summed E-state index contributed by atoms with van der Waals surface area (Å²) in [5.41, 5.74) is 6.71. The van der Waals surface area contributed by atoms with E-state index in [9.17, 15) is 4.79 Å². The van der Waals surface area contributed by atoms with Gasteiger partial charge in [0.05, 0.1) is 33.7 Å². The van der Waals surface area contributed by atoms with E-state index >= 15 is 0 Å². The molecule has 3 aromatic carbocycles. The van der Waals surface area contributed by atoms with Gasteiger partial charge in [0.15, 0.2) is 0 Å². The minimum atomic E-state index is -0.202. The molecule has 0 saturated carbocycles. The molecule has 0 unspecified atom stereocenters. The highest BCUT2D eigenvalue weighted by molar-refractivity contribution is 6.42. The Kier molecular flexibility index (Phi) is 7.94. The van der Waals surface area contributed by atoms with Gasteiger partial charge < -0.3 is 10.1 Å². The third-order valence-electron chi connectivity index (χ3n) is 5.97. The molecule has 8 heteroatoms. The van der Waals surface area contributed by atoms with Gasteiger partial charge in [-0.05, 0) is 86.3 Å². The number of halogens is 3. The third kappa shape index (κ3) is 5.86. The van der Waals surface area contributed by atoms with Gasteiger partial charge in [-0.25, -0.2) is 0 Å². The molecule has 36 heavy (non-hydrogen) atoms. The second-order valence-corrected chi connectivity index (χ2v) is 9.96. The molecule has 186 valence electrons. The van der Waals surface area contributed by atoms with Crippen LogP contribution in [0.2, 0.25) is 15.1 Å². The van der Waals surface area contributed by atoms with Crippen molar-refractivity contribution in [3.05, 3.63) is 109 Å². The van der Waals surface area contributed by atoms with E-state index in [0.717, 1.165) is 44.4 Å². The van der Waals surface area contributed by atoms with Gasteiger partial charge in [0.1, 0.15) is 12.4 Å². The van der Waals surface area contributed by atoms with Crippen molar-refractivity contribution in [1.82, 2.24) is 9.78 Å². The van der Waals surface area contributed by atoms with Crippen molar-refractivity contribution < 1.29 is 9.53 Å². The molecule has 1 aromatic heterocycles. The van der Waals surface area contributed by atoms with Crippen molar-refractivity contribution >= 4 is 46.4 Å². The molecule has 0 radical (unpaired) electrons. The summed E-state index contributed by atoms with van der Waals surface area (Å²) in [6.45, 7) is 8.61. The van der Waals surface area contributed by atoms with Gasteiger partial charge in [-0.2, -0.15) is 5.10 Å². The first kappa shape index (κ1) is 26.1. The van der Waals surface area contributed by atoms with E-state index < -0.39 is 0 Å². The van der Waals surface area contributed by atoms with E-state index in [4.69, 9.17) is 39.5 Å². The molecule has 0 bridgehead atoms. The first-order chi connectivity index (χ1) is 17.1. The number of benzene rings is 3. The Morgan fingerprint density at radius 3 is 2.17 bits per heavy atom. The average molecular weight is 543 g/mol. The number of carbonyl (C=O) groups excluding carboxylic acids is 1. The van der Waals surface area contributed by atoms with Gasteiger partial charge in [0, 0.05) is 10.6 Å². The molecule has 0 atom stereocenters. The van der Waals surface area contributed by atoms with Crippen molar-refractivity contribution in [3.8, 4) is 5.75 Å². The van der Waals surface area contributed by atoms with Crippen molar-refractivity contribution in [3.63, 3.8) is 0 Å². The standard InChI is InChI=1S/C28H26Cl3N3O2/c1-16-11-23(12-17(2)26(16)31)36-15-20-5-8-22(9-6-20)28(35)32-27-18(3)33-34(19(27)4)14-21-7-10-24(29)25(30)13-21/h5-13H,14-15H2,1-4H3,(H,32,35). The van der Waals surface area contributed by atoms with Crippen LogP contribution in [-0.2, 0) is 13.2 Å². The number of anilines is 1. The number of nitrogens with zero attached hydrogens (tertiary/aromatic N) is 2. The van der Waals surface area contributed by atoms with Crippen molar-refractivity contribution in [2.75, 3.05) is 5.32 Å². The Morgan fingerprint density at radius 2 is 1.53 bits per heavy atom. The van der Waals surface area contributed by atoms with Crippen LogP contribution >= 0.6 is 34.8 Å². The molecule has 1 N–H and O–H groups in total. The molecule has 0 aliphatic heterocycles. The van der Waals surface area contributed by atoms with Gasteiger partial charge in [-0.1, -0.05) is 53.0 Å². The van der Waals surface area contributed by atoms with Crippen LogP contribution in [0.5, 0.6) is 5.75 Å². The number of hydrogen-bond donors (Lipinski definition) is 1. The van der Waals surface area contributed by atoms with E-state index in [0.29, 0.717) is 34.4 Å². The van der Waals surface area contributed by atoms with E-state index in [1.807, 2.05) is 68.8 Å². The maximum absolute atomic E-state index is 12.9. The molecule has 1 amide bonds. The highest BCUT2D eigenvalue weighted by Crippen LogP contribution is 2.27. The Hall–Kier alpha value is -2.99. The first-order valence-corrected chi connectivity index (χ1v) is 12.5. The van der Waals surface area contributed by atoms with E-state index in [2.05, 4.69) is 10.4 Å². The van der Waals surface area contributed by atoms with Crippen molar-refractivity contribution in [2.45, 2.75) is 40.8 Å². The summed E-state index contributed by atoms with van der Waals surface area (Å²) in [5, 5.41) is 9.35. The average Bonchev–Trinajstić information content (AvgIpc) is 3.11. The van der Waals surface area contributed by atoms with Gasteiger partial charge in [0.25, 0.3) is 5.91 Å². The number of hydrogen-bond acceptors (Lipinski definition) is 3. The number of carbonyl (C=O) groups is 1. The predicted molar refractivity (Wildman–Crippen MR) is 147 cm³/mol. The summed E-state index contributed by atoms with van der Waals surface area (Å²) >= 11 is 18.4. The van der Waals surface area contributed by atoms with E-state index in [-0.39, 0.29) is 5.91 Å². The zero-order chi connectivity index (χ0) is 26.0. The normalized spacial score (nSPS) is 11.0. The number of amides is 1. The monoisotopic (exact) mass is 541 g/mol. The third-order valence-corrected chi connectivity index (χ3v) is 7.30. The molecule has 0 fully saturated rings. The summed E-state index contributed by atoms with van der Waals surface area (Å²) in [5.74, 6) is 0.562. The SMILES string of the molecule is Cc1cc(OCc2ccc(C(=O)Nc3c(C)nn(Cc4ccc(Cl)c(Cl)c4)c3C)cc2)cc(C)c1Cl. The van der Waals surface area contributed by atoms with E-state index in [1.165, 1.54) is 0 Å². The van der Waals surface area contributed by atoms with Crippen LogP contribution in [0, 0.1) is 27.7 Å². The summed E-state index contributed by atoms with van der Waals surface area (Å²) in [6, 6.07) is 16.7. The molecule has 5 nitrogen and oxygen atoms in total. The lowest BCUT2D eigenvalue weighted by Crippen LogP contribution is -2.13. The quantitative estimate of drug-likeness (QED) is 0.258. The second-order valence-electron chi connectivity index (χ2n) is 8.76. The summed E-state index contributed by atoms with van der Waals surface area (Å²) in [4.78, 5) is 12.9. The molecule has 0 spiro atoms. The fraction of sp³-hybridized carbons (Fsp3) is 0.214. The molecular formula is C28H26Cl3N3O2. The van der Waals surface area contributed by atoms with Crippen LogP contribution in [0.25, 0.3) is 0 Å². The van der Waals surface area contributed by atoms with Crippen LogP contribution < -0.4 is 10.1 Å². The minimum absolute atomic E-state index is 0.202. The molecule has 0 saturated heterocycles. The first-order valence-electron chi connectivity index (χ1n) is 11.4. The summed E-state index contributed by atoms with van der Waals surface area (Å²) < 4.78 is 7.75. The fourth-order valence-electron chi connectivity index (χ4n) is 3.94. The summed E-state index contributed by atoms with van der Waals surface area (Å²) in [6.07, 6.45) is 0. The number of ether oxygens (including phenoxy) is 1. The number of rotatable bonds is 7. The molecular weight excluding hydrogens is 517 g/mol. The number of aryl methyl sites for hydroxylation is 3. The second kappa shape index (κ2) is 11.0. The zero-order valence-electron chi connectivity index (χ0n) is 20.5. The van der Waals surface area contributed by atoms with Gasteiger partial charge in [0.2, 0.25) is 0 Å². The topological polar surface area (TPSA) is 56.1 Å². The molecule has 0 aliphatic carbocycles. The molecule has 4 rings (SSSR count). The lowest BCUT2D eigenvalue weighted by Gasteiger charge is -2.11. The Bertz CT molecular complexity index is 1410.